The molecule has 32 heavy (non-hydrogen) atoms. The molecule has 0 unspecified atom stereocenters. The molecule has 5 nitrogen and oxygen atoms in total. The topological polar surface area (TPSA) is 46.0 Å². The first-order valence-corrected chi connectivity index (χ1v) is 11.3. The van der Waals surface area contributed by atoms with Crippen LogP contribution in [-0.2, 0) is 6.42 Å². The lowest BCUT2D eigenvalue weighted by atomic mass is 10.0. The molecule has 0 radical (unpaired) electrons. The second-order valence-electron chi connectivity index (χ2n) is 8.01. The summed E-state index contributed by atoms with van der Waals surface area (Å²) in [6.07, 6.45) is 6.79. The lowest BCUT2D eigenvalue weighted by Gasteiger charge is -2.29. The van der Waals surface area contributed by atoms with Crippen molar-refractivity contribution in [3.8, 4) is 5.82 Å². The fraction of sp³-hybridized carbons (Fsp3) is 0.192. The highest BCUT2D eigenvalue weighted by molar-refractivity contribution is 7.80. The highest BCUT2D eigenvalue weighted by Gasteiger charge is 2.42. The number of nitrogens with one attached hydrogen (secondary N) is 1. The van der Waals surface area contributed by atoms with Crippen molar-refractivity contribution in [3.05, 3.63) is 108 Å². The van der Waals surface area contributed by atoms with E-state index in [1.807, 2.05) is 37.5 Å². The molecule has 1 aromatic carbocycles. The Morgan fingerprint density at radius 1 is 0.969 bits per heavy atom. The van der Waals surface area contributed by atoms with Crippen molar-refractivity contribution in [2.75, 3.05) is 4.90 Å². The van der Waals surface area contributed by atoms with Crippen molar-refractivity contribution in [3.63, 3.8) is 0 Å². The first kappa shape index (κ1) is 20.4. The molecule has 6 heteroatoms. The molecule has 4 aromatic rings. The minimum Gasteiger partial charge on any atom is -0.351 e. The number of thiocarbonyl (C=S) groups is 1. The molecule has 1 saturated heterocycles. The lowest BCUT2D eigenvalue weighted by Crippen LogP contribution is -2.30. The van der Waals surface area contributed by atoms with E-state index in [-0.39, 0.29) is 12.1 Å². The van der Waals surface area contributed by atoms with Crippen molar-refractivity contribution in [2.45, 2.75) is 32.4 Å². The summed E-state index contributed by atoms with van der Waals surface area (Å²) < 4.78 is 2.14. The van der Waals surface area contributed by atoms with Gasteiger partial charge in [-0.05, 0) is 79.2 Å². The van der Waals surface area contributed by atoms with Gasteiger partial charge in [-0.1, -0.05) is 31.2 Å². The summed E-state index contributed by atoms with van der Waals surface area (Å²) in [5.74, 6) is 0.884. The van der Waals surface area contributed by atoms with E-state index >= 15 is 0 Å². The van der Waals surface area contributed by atoms with Gasteiger partial charge in [-0.2, -0.15) is 0 Å². The third-order valence-electron chi connectivity index (χ3n) is 5.95. The molecule has 0 spiro atoms. The van der Waals surface area contributed by atoms with E-state index in [0.29, 0.717) is 5.11 Å². The Morgan fingerprint density at radius 3 is 2.50 bits per heavy atom. The molecule has 5 rings (SSSR count). The number of anilines is 1. The monoisotopic (exact) mass is 439 g/mol. The maximum atomic E-state index is 5.85. The second-order valence-corrected chi connectivity index (χ2v) is 8.40. The second kappa shape index (κ2) is 8.55. The van der Waals surface area contributed by atoms with Gasteiger partial charge < -0.3 is 14.8 Å². The van der Waals surface area contributed by atoms with E-state index in [1.165, 1.54) is 5.56 Å². The van der Waals surface area contributed by atoms with Crippen LogP contribution in [0.3, 0.4) is 0 Å². The molecule has 1 fully saturated rings. The number of nitrogens with zero attached hydrogens (tertiary/aromatic N) is 4. The molecular formula is C26H25N5S. The quantitative estimate of drug-likeness (QED) is 0.427. The van der Waals surface area contributed by atoms with Gasteiger partial charge in [-0.25, -0.2) is 4.98 Å². The minimum atomic E-state index is -0.0892. The van der Waals surface area contributed by atoms with Crippen LogP contribution in [0, 0.1) is 6.92 Å². The summed E-state index contributed by atoms with van der Waals surface area (Å²) in [7, 11) is 0. The van der Waals surface area contributed by atoms with Gasteiger partial charge in [0.25, 0.3) is 0 Å². The van der Waals surface area contributed by atoms with Crippen LogP contribution in [0.5, 0.6) is 0 Å². The zero-order valence-electron chi connectivity index (χ0n) is 18.1. The Balaban J connectivity index is 1.64. The zero-order valence-corrected chi connectivity index (χ0v) is 19.0. The Bertz CT molecular complexity index is 1220. The van der Waals surface area contributed by atoms with Crippen molar-refractivity contribution in [1.29, 1.82) is 0 Å². The SMILES string of the molecule is CCc1ccc(N2C(=S)N[C@H](c3ccccn3)[C@@H]2c2cccn2-c2ccc(C)cn2)cc1. The van der Waals surface area contributed by atoms with Crippen LogP contribution in [0.25, 0.3) is 5.82 Å². The summed E-state index contributed by atoms with van der Waals surface area (Å²) >= 11 is 5.85. The predicted molar refractivity (Wildman–Crippen MR) is 132 cm³/mol. The van der Waals surface area contributed by atoms with Gasteiger partial charge in [-0.3, -0.25) is 4.98 Å². The summed E-state index contributed by atoms with van der Waals surface area (Å²) in [5.41, 5.74) is 5.56. The average molecular weight is 440 g/mol. The molecule has 1 N–H and O–H groups in total. The summed E-state index contributed by atoms with van der Waals surface area (Å²) in [5, 5.41) is 4.23. The molecule has 1 aliphatic rings. The highest BCUT2D eigenvalue weighted by Crippen LogP contribution is 2.42. The van der Waals surface area contributed by atoms with Gasteiger partial charge in [0.2, 0.25) is 0 Å². The fourth-order valence-electron chi connectivity index (χ4n) is 4.27. The smallest absolute Gasteiger partial charge is 0.174 e. The fourth-order valence-corrected chi connectivity index (χ4v) is 4.62. The largest absolute Gasteiger partial charge is 0.351 e. The highest BCUT2D eigenvalue weighted by atomic mass is 32.1. The summed E-state index contributed by atoms with van der Waals surface area (Å²) in [6.45, 7) is 4.21. The first-order chi connectivity index (χ1) is 15.7. The number of hydrogen-bond acceptors (Lipinski definition) is 3. The van der Waals surface area contributed by atoms with Crippen LogP contribution < -0.4 is 10.2 Å². The van der Waals surface area contributed by atoms with E-state index in [1.54, 1.807) is 0 Å². The third kappa shape index (κ3) is 3.67. The van der Waals surface area contributed by atoms with Gasteiger partial charge in [0.15, 0.2) is 5.11 Å². The number of aromatic nitrogens is 3. The van der Waals surface area contributed by atoms with Crippen LogP contribution >= 0.6 is 12.2 Å². The standard InChI is InChI=1S/C26H25N5S/c1-3-19-10-12-20(13-11-19)31-25(24(29-26(31)32)21-7-4-5-15-27-21)22-8-6-16-30(22)23-14-9-18(2)17-28-23/h4-17,24-25H,3H2,1-2H3,(H,29,32)/t24-,25+/m1/s1. The number of pyridine rings is 2. The number of benzene rings is 1. The lowest BCUT2D eigenvalue weighted by molar-refractivity contribution is 0.548. The van der Waals surface area contributed by atoms with Gasteiger partial charge in [0.05, 0.1) is 11.7 Å². The molecule has 0 saturated carbocycles. The van der Waals surface area contributed by atoms with Gasteiger partial charge in [0, 0.05) is 30.0 Å². The van der Waals surface area contributed by atoms with Crippen molar-refractivity contribution >= 4 is 23.0 Å². The molecule has 4 heterocycles. The minimum absolute atomic E-state index is 0.0806. The molecule has 3 aromatic heterocycles. The number of hydrogen-bond donors (Lipinski definition) is 1. The van der Waals surface area contributed by atoms with Gasteiger partial charge in [0.1, 0.15) is 11.9 Å². The Kier molecular flexibility index (Phi) is 5.45. The van der Waals surface area contributed by atoms with E-state index in [0.717, 1.165) is 34.9 Å². The maximum Gasteiger partial charge on any atom is 0.174 e. The first-order valence-electron chi connectivity index (χ1n) is 10.9. The molecule has 0 amide bonds. The van der Waals surface area contributed by atoms with Crippen LogP contribution in [-0.4, -0.2) is 19.6 Å². The van der Waals surface area contributed by atoms with Crippen LogP contribution in [0.2, 0.25) is 0 Å². The van der Waals surface area contributed by atoms with Gasteiger partial charge >= 0.3 is 0 Å². The molecular weight excluding hydrogens is 414 g/mol. The summed E-state index contributed by atoms with van der Waals surface area (Å²) in [6, 6.07) is 22.8. The van der Waals surface area contributed by atoms with Crippen LogP contribution in [0.15, 0.2) is 85.3 Å². The Hall–Kier alpha value is -3.51. The van der Waals surface area contributed by atoms with E-state index in [4.69, 9.17) is 12.2 Å². The van der Waals surface area contributed by atoms with E-state index in [2.05, 4.69) is 86.4 Å². The molecule has 2 atom stereocenters. The van der Waals surface area contributed by atoms with Gasteiger partial charge in [-0.15, -0.1) is 0 Å². The maximum absolute atomic E-state index is 5.85. The Morgan fingerprint density at radius 2 is 1.81 bits per heavy atom. The molecule has 0 bridgehead atoms. The van der Waals surface area contributed by atoms with E-state index < -0.39 is 0 Å². The van der Waals surface area contributed by atoms with Crippen molar-refractivity contribution < 1.29 is 0 Å². The predicted octanol–water partition coefficient (Wildman–Crippen LogP) is 5.32. The zero-order chi connectivity index (χ0) is 22.1. The van der Waals surface area contributed by atoms with Crippen LogP contribution in [0.4, 0.5) is 5.69 Å². The molecule has 1 aliphatic heterocycles. The number of aryl methyl sites for hydroxylation is 2. The number of rotatable bonds is 5. The van der Waals surface area contributed by atoms with Crippen molar-refractivity contribution in [1.82, 2.24) is 19.9 Å². The summed E-state index contributed by atoms with van der Waals surface area (Å²) in [4.78, 5) is 11.5. The average Bonchev–Trinajstić information content (AvgIpc) is 3.44. The van der Waals surface area contributed by atoms with E-state index in [9.17, 15) is 0 Å². The Labute approximate surface area is 193 Å². The van der Waals surface area contributed by atoms with Crippen molar-refractivity contribution in [2.24, 2.45) is 0 Å². The molecule has 0 aliphatic carbocycles. The third-order valence-corrected chi connectivity index (χ3v) is 6.26. The molecule has 160 valence electrons. The van der Waals surface area contributed by atoms with Crippen LogP contribution in [0.1, 0.15) is 41.5 Å². The normalized spacial score (nSPS) is 18.1.